The highest BCUT2D eigenvalue weighted by molar-refractivity contribution is 4.68. The lowest BCUT2D eigenvalue weighted by atomic mass is 10.1. The fourth-order valence-corrected chi connectivity index (χ4v) is 2.11. The van der Waals surface area contributed by atoms with Gasteiger partial charge in [0, 0.05) is 25.8 Å². The minimum Gasteiger partial charge on any atom is -0.385 e. The quantitative estimate of drug-likeness (QED) is 0.604. The predicted octanol–water partition coefficient (Wildman–Crippen LogP) is 2.51. The van der Waals surface area contributed by atoms with Gasteiger partial charge in [-0.2, -0.15) is 0 Å². The van der Waals surface area contributed by atoms with E-state index in [0.717, 1.165) is 13.0 Å². The van der Waals surface area contributed by atoms with Crippen molar-refractivity contribution in [1.29, 1.82) is 0 Å². The van der Waals surface area contributed by atoms with Crippen LogP contribution in [0.25, 0.3) is 0 Å². The highest BCUT2D eigenvalue weighted by Gasteiger charge is 2.07. The van der Waals surface area contributed by atoms with Gasteiger partial charge in [-0.05, 0) is 52.7 Å². The Morgan fingerprint density at radius 3 is 2.18 bits per heavy atom. The van der Waals surface area contributed by atoms with Gasteiger partial charge in [-0.3, -0.25) is 0 Å². The molecule has 104 valence electrons. The Kier molecular flexibility index (Phi) is 10.9. The predicted molar refractivity (Wildman–Crippen MR) is 75.6 cm³/mol. The summed E-state index contributed by atoms with van der Waals surface area (Å²) in [7, 11) is 1.76. The standard InChI is InChI=1S/C14H32N2O/c1-6-16(7-2)11-8-9-13(3)15-14(4)10-12-17-5/h13-15H,6-12H2,1-5H3. The topological polar surface area (TPSA) is 24.5 Å². The van der Waals surface area contributed by atoms with Crippen molar-refractivity contribution in [2.75, 3.05) is 33.4 Å². The minimum absolute atomic E-state index is 0.554. The van der Waals surface area contributed by atoms with E-state index in [1.807, 2.05) is 0 Å². The zero-order valence-corrected chi connectivity index (χ0v) is 12.5. The van der Waals surface area contributed by atoms with Crippen molar-refractivity contribution in [3.05, 3.63) is 0 Å². The average Bonchev–Trinajstić information content (AvgIpc) is 2.32. The monoisotopic (exact) mass is 244 g/mol. The lowest BCUT2D eigenvalue weighted by molar-refractivity contribution is 0.182. The summed E-state index contributed by atoms with van der Waals surface area (Å²) in [4.78, 5) is 2.49. The Hall–Kier alpha value is -0.120. The Labute approximate surface area is 108 Å². The second-order valence-corrected chi connectivity index (χ2v) is 4.92. The van der Waals surface area contributed by atoms with Gasteiger partial charge in [-0.25, -0.2) is 0 Å². The Bertz CT molecular complexity index is 160. The van der Waals surface area contributed by atoms with E-state index < -0.39 is 0 Å². The molecule has 3 heteroatoms. The lowest BCUT2D eigenvalue weighted by Crippen LogP contribution is -2.36. The van der Waals surface area contributed by atoms with Crippen molar-refractivity contribution in [3.8, 4) is 0 Å². The number of methoxy groups -OCH3 is 1. The maximum absolute atomic E-state index is 5.09. The van der Waals surface area contributed by atoms with E-state index in [2.05, 4.69) is 37.9 Å². The first kappa shape index (κ1) is 16.9. The minimum atomic E-state index is 0.554. The molecule has 0 amide bonds. The summed E-state index contributed by atoms with van der Waals surface area (Å²) in [6.45, 7) is 13.4. The van der Waals surface area contributed by atoms with Gasteiger partial charge in [0.25, 0.3) is 0 Å². The summed E-state index contributed by atoms with van der Waals surface area (Å²) in [5.74, 6) is 0. The summed E-state index contributed by atoms with van der Waals surface area (Å²) in [6.07, 6.45) is 3.64. The Balaban J connectivity index is 3.54. The van der Waals surface area contributed by atoms with Crippen molar-refractivity contribution in [1.82, 2.24) is 10.2 Å². The molecule has 1 N–H and O–H groups in total. The molecule has 0 aromatic heterocycles. The molecule has 0 aliphatic carbocycles. The van der Waals surface area contributed by atoms with Crippen LogP contribution in [-0.4, -0.2) is 50.3 Å². The Morgan fingerprint density at radius 1 is 1.06 bits per heavy atom. The molecule has 0 fully saturated rings. The fraction of sp³-hybridized carbons (Fsp3) is 1.00. The fourth-order valence-electron chi connectivity index (χ4n) is 2.11. The summed E-state index contributed by atoms with van der Waals surface area (Å²) in [5, 5.41) is 3.63. The lowest BCUT2D eigenvalue weighted by Gasteiger charge is -2.22. The van der Waals surface area contributed by atoms with Crippen molar-refractivity contribution in [2.45, 2.75) is 59.0 Å². The first-order valence-corrected chi connectivity index (χ1v) is 7.11. The molecule has 0 heterocycles. The van der Waals surface area contributed by atoms with E-state index in [0.29, 0.717) is 12.1 Å². The summed E-state index contributed by atoms with van der Waals surface area (Å²) >= 11 is 0. The van der Waals surface area contributed by atoms with E-state index in [-0.39, 0.29) is 0 Å². The molecule has 0 spiro atoms. The smallest absolute Gasteiger partial charge is 0.0476 e. The van der Waals surface area contributed by atoms with Crippen LogP contribution in [0.4, 0.5) is 0 Å². The number of hydrogen-bond donors (Lipinski definition) is 1. The molecule has 3 nitrogen and oxygen atoms in total. The molecule has 0 aromatic carbocycles. The third-order valence-corrected chi connectivity index (χ3v) is 3.33. The molecule has 0 bridgehead atoms. The largest absolute Gasteiger partial charge is 0.385 e. The molecule has 0 saturated heterocycles. The molecule has 0 aliphatic rings. The van der Waals surface area contributed by atoms with Crippen LogP contribution in [-0.2, 0) is 4.74 Å². The number of nitrogens with zero attached hydrogens (tertiary/aromatic N) is 1. The van der Waals surface area contributed by atoms with Gasteiger partial charge in [-0.1, -0.05) is 13.8 Å². The summed E-state index contributed by atoms with van der Waals surface area (Å²) < 4.78 is 5.09. The molecular weight excluding hydrogens is 212 g/mol. The summed E-state index contributed by atoms with van der Waals surface area (Å²) in [5.41, 5.74) is 0. The molecule has 0 saturated carbocycles. The van der Waals surface area contributed by atoms with Crippen LogP contribution in [0.15, 0.2) is 0 Å². The normalized spacial score (nSPS) is 15.2. The number of rotatable bonds is 11. The van der Waals surface area contributed by atoms with Crippen molar-refractivity contribution in [2.24, 2.45) is 0 Å². The van der Waals surface area contributed by atoms with Gasteiger partial charge >= 0.3 is 0 Å². The van der Waals surface area contributed by atoms with E-state index in [9.17, 15) is 0 Å². The second kappa shape index (κ2) is 11.0. The van der Waals surface area contributed by atoms with Crippen LogP contribution in [0.2, 0.25) is 0 Å². The van der Waals surface area contributed by atoms with E-state index in [1.165, 1.54) is 32.5 Å². The maximum atomic E-state index is 5.09. The Morgan fingerprint density at radius 2 is 1.65 bits per heavy atom. The first-order chi connectivity index (χ1) is 8.13. The highest BCUT2D eigenvalue weighted by Crippen LogP contribution is 2.02. The number of ether oxygens (including phenoxy) is 1. The van der Waals surface area contributed by atoms with E-state index >= 15 is 0 Å². The maximum Gasteiger partial charge on any atom is 0.0476 e. The van der Waals surface area contributed by atoms with Crippen LogP contribution in [0.5, 0.6) is 0 Å². The SMILES string of the molecule is CCN(CC)CCCC(C)NC(C)CCOC. The van der Waals surface area contributed by atoms with Crippen molar-refractivity contribution >= 4 is 0 Å². The van der Waals surface area contributed by atoms with Gasteiger partial charge in [0.15, 0.2) is 0 Å². The molecular formula is C14H32N2O. The average molecular weight is 244 g/mol. The van der Waals surface area contributed by atoms with Crippen molar-refractivity contribution < 1.29 is 4.74 Å². The van der Waals surface area contributed by atoms with Crippen LogP contribution < -0.4 is 5.32 Å². The second-order valence-electron chi connectivity index (χ2n) is 4.92. The first-order valence-electron chi connectivity index (χ1n) is 7.11. The molecule has 2 unspecified atom stereocenters. The molecule has 0 aliphatic heterocycles. The van der Waals surface area contributed by atoms with Crippen molar-refractivity contribution in [3.63, 3.8) is 0 Å². The zero-order valence-electron chi connectivity index (χ0n) is 12.5. The molecule has 2 atom stereocenters. The van der Waals surface area contributed by atoms with Gasteiger partial charge in [0.05, 0.1) is 0 Å². The third kappa shape index (κ3) is 9.57. The van der Waals surface area contributed by atoms with Crippen LogP contribution in [0.3, 0.4) is 0 Å². The number of nitrogens with one attached hydrogen (secondary N) is 1. The van der Waals surface area contributed by atoms with Crippen LogP contribution in [0, 0.1) is 0 Å². The van der Waals surface area contributed by atoms with Gasteiger partial charge in [0.2, 0.25) is 0 Å². The van der Waals surface area contributed by atoms with E-state index in [4.69, 9.17) is 4.74 Å². The zero-order chi connectivity index (χ0) is 13.1. The van der Waals surface area contributed by atoms with Crippen LogP contribution in [0.1, 0.15) is 47.0 Å². The third-order valence-electron chi connectivity index (χ3n) is 3.33. The molecule has 0 rings (SSSR count). The summed E-state index contributed by atoms with van der Waals surface area (Å²) in [6, 6.07) is 1.16. The molecule has 17 heavy (non-hydrogen) atoms. The molecule has 0 aromatic rings. The highest BCUT2D eigenvalue weighted by atomic mass is 16.5. The van der Waals surface area contributed by atoms with Crippen LogP contribution >= 0.6 is 0 Å². The van der Waals surface area contributed by atoms with Gasteiger partial charge in [-0.15, -0.1) is 0 Å². The van der Waals surface area contributed by atoms with Gasteiger partial charge < -0.3 is 15.0 Å². The number of hydrogen-bond acceptors (Lipinski definition) is 3. The molecule has 0 radical (unpaired) electrons. The van der Waals surface area contributed by atoms with Gasteiger partial charge in [0.1, 0.15) is 0 Å². The van der Waals surface area contributed by atoms with E-state index in [1.54, 1.807) is 7.11 Å².